The van der Waals surface area contributed by atoms with E-state index in [4.69, 9.17) is 9.31 Å². The molecule has 2 fully saturated rings. The topological polar surface area (TPSA) is 35.5 Å². The van der Waals surface area contributed by atoms with Crippen LogP contribution in [0.15, 0.2) is 18.2 Å². The zero-order chi connectivity index (χ0) is 14.5. The summed E-state index contributed by atoms with van der Waals surface area (Å²) in [6.07, 6.45) is 3.29. The molecule has 0 radical (unpaired) electrons. The van der Waals surface area contributed by atoms with E-state index in [2.05, 4.69) is 33.8 Å². The molecule has 0 amide bonds. The van der Waals surface area contributed by atoms with Gasteiger partial charge < -0.3 is 9.31 Å². The first kappa shape index (κ1) is 13.8. The lowest BCUT2D eigenvalue weighted by atomic mass is 9.77. The highest BCUT2D eigenvalue weighted by molar-refractivity contribution is 6.62. The number of hydrogen-bond acceptors (Lipinski definition) is 3. The molecule has 1 heterocycles. The summed E-state index contributed by atoms with van der Waals surface area (Å²) in [5, 5.41) is 0. The number of aldehydes is 1. The fourth-order valence-electron chi connectivity index (χ4n) is 2.57. The van der Waals surface area contributed by atoms with Crippen LogP contribution in [0.5, 0.6) is 0 Å². The first-order valence-corrected chi connectivity index (χ1v) is 7.29. The molecule has 0 bridgehead atoms. The second-order valence-corrected chi connectivity index (χ2v) is 6.87. The minimum Gasteiger partial charge on any atom is -0.399 e. The Labute approximate surface area is 120 Å². The van der Waals surface area contributed by atoms with Crippen molar-refractivity contribution in [2.45, 2.75) is 57.7 Å². The molecule has 20 heavy (non-hydrogen) atoms. The van der Waals surface area contributed by atoms with Crippen LogP contribution in [0, 0.1) is 0 Å². The fraction of sp³-hybridized carbons (Fsp3) is 0.562. The van der Waals surface area contributed by atoms with Crippen LogP contribution < -0.4 is 5.46 Å². The Hall–Kier alpha value is -1.13. The van der Waals surface area contributed by atoms with Crippen molar-refractivity contribution in [1.82, 2.24) is 0 Å². The average Bonchev–Trinajstić information content (AvgIpc) is 3.17. The van der Waals surface area contributed by atoms with E-state index >= 15 is 0 Å². The van der Waals surface area contributed by atoms with Gasteiger partial charge in [0.05, 0.1) is 11.2 Å². The van der Waals surface area contributed by atoms with Gasteiger partial charge in [-0.3, -0.25) is 4.79 Å². The molecular weight excluding hydrogens is 251 g/mol. The molecule has 1 aliphatic heterocycles. The number of rotatable bonds is 3. The van der Waals surface area contributed by atoms with E-state index < -0.39 is 0 Å². The van der Waals surface area contributed by atoms with Crippen LogP contribution in [-0.2, 0) is 9.31 Å². The summed E-state index contributed by atoms with van der Waals surface area (Å²) >= 11 is 0. The molecular formula is C16H21BO3. The maximum absolute atomic E-state index is 11.1. The molecule has 0 aromatic heterocycles. The van der Waals surface area contributed by atoms with Gasteiger partial charge in [-0.2, -0.15) is 0 Å². The maximum Gasteiger partial charge on any atom is 0.494 e. The van der Waals surface area contributed by atoms with Gasteiger partial charge in [0.15, 0.2) is 0 Å². The largest absolute Gasteiger partial charge is 0.494 e. The monoisotopic (exact) mass is 272 g/mol. The summed E-state index contributed by atoms with van der Waals surface area (Å²) < 4.78 is 12.1. The van der Waals surface area contributed by atoms with Crippen LogP contribution in [-0.4, -0.2) is 24.6 Å². The van der Waals surface area contributed by atoms with Gasteiger partial charge in [0.25, 0.3) is 0 Å². The van der Waals surface area contributed by atoms with Crippen molar-refractivity contribution in [2.75, 3.05) is 0 Å². The van der Waals surface area contributed by atoms with Gasteiger partial charge in [-0.25, -0.2) is 0 Å². The molecule has 1 aromatic rings. The standard InChI is InChI=1S/C16H21BO3/c1-15(2)16(3,4)20-17(19-15)13-8-7-12(10-18)14(9-13)11-5-6-11/h7-11H,5-6H2,1-4H3. The quantitative estimate of drug-likeness (QED) is 0.627. The SMILES string of the molecule is CC1(C)OB(c2ccc(C=O)c(C3CC3)c2)OC1(C)C. The first-order valence-electron chi connectivity index (χ1n) is 7.29. The lowest BCUT2D eigenvalue weighted by Crippen LogP contribution is -2.41. The summed E-state index contributed by atoms with van der Waals surface area (Å²) in [7, 11) is -0.349. The molecule has 3 nitrogen and oxygen atoms in total. The third kappa shape index (κ3) is 2.21. The van der Waals surface area contributed by atoms with Crippen LogP contribution in [0.1, 0.15) is 62.4 Å². The number of benzene rings is 1. The molecule has 3 rings (SSSR count). The highest BCUT2D eigenvalue weighted by Gasteiger charge is 2.51. The molecule has 1 saturated heterocycles. The average molecular weight is 272 g/mol. The van der Waals surface area contributed by atoms with E-state index in [1.165, 1.54) is 12.8 Å². The Morgan fingerprint density at radius 3 is 2.25 bits per heavy atom. The van der Waals surface area contributed by atoms with E-state index in [1.807, 2.05) is 12.1 Å². The van der Waals surface area contributed by atoms with Crippen LogP contribution in [0.3, 0.4) is 0 Å². The smallest absolute Gasteiger partial charge is 0.399 e. The molecule has 1 aromatic carbocycles. The summed E-state index contributed by atoms with van der Waals surface area (Å²) in [5.74, 6) is 0.539. The molecule has 1 saturated carbocycles. The lowest BCUT2D eigenvalue weighted by molar-refractivity contribution is 0.00578. The third-order valence-electron chi connectivity index (χ3n) is 4.78. The minimum absolute atomic E-state index is 0.333. The highest BCUT2D eigenvalue weighted by atomic mass is 16.7. The molecule has 0 unspecified atom stereocenters. The summed E-state index contributed by atoms with van der Waals surface area (Å²) in [6.45, 7) is 8.20. The first-order chi connectivity index (χ1) is 9.34. The second-order valence-electron chi connectivity index (χ2n) is 6.87. The van der Waals surface area contributed by atoms with Crippen molar-refractivity contribution >= 4 is 18.9 Å². The molecule has 0 atom stereocenters. The predicted molar refractivity (Wildman–Crippen MR) is 79.5 cm³/mol. The van der Waals surface area contributed by atoms with Crippen molar-refractivity contribution in [3.05, 3.63) is 29.3 Å². The second kappa shape index (κ2) is 4.44. The summed E-state index contributed by atoms with van der Waals surface area (Å²) in [6, 6.07) is 5.92. The van der Waals surface area contributed by atoms with E-state index in [1.54, 1.807) is 0 Å². The van der Waals surface area contributed by atoms with Crippen LogP contribution >= 0.6 is 0 Å². The van der Waals surface area contributed by atoms with Gasteiger partial charge in [-0.15, -0.1) is 0 Å². The zero-order valence-electron chi connectivity index (χ0n) is 12.6. The number of carbonyl (C=O) groups is 1. The maximum atomic E-state index is 11.1. The number of hydrogen-bond donors (Lipinski definition) is 0. The van der Waals surface area contributed by atoms with Crippen molar-refractivity contribution in [2.24, 2.45) is 0 Å². The Morgan fingerprint density at radius 1 is 1.15 bits per heavy atom. The summed E-state index contributed by atoms with van der Waals surface area (Å²) in [5.41, 5.74) is 2.29. The Kier molecular flexibility index (Phi) is 3.07. The van der Waals surface area contributed by atoms with E-state index in [0.717, 1.165) is 22.9 Å². The molecule has 4 heteroatoms. The lowest BCUT2D eigenvalue weighted by Gasteiger charge is -2.32. The zero-order valence-corrected chi connectivity index (χ0v) is 12.6. The van der Waals surface area contributed by atoms with Gasteiger partial charge in [0.1, 0.15) is 6.29 Å². The van der Waals surface area contributed by atoms with Gasteiger partial charge in [0, 0.05) is 5.56 Å². The Morgan fingerprint density at radius 2 is 1.75 bits per heavy atom. The normalized spacial score (nSPS) is 23.9. The van der Waals surface area contributed by atoms with E-state index in [9.17, 15) is 4.79 Å². The van der Waals surface area contributed by atoms with Crippen LogP contribution in [0.2, 0.25) is 0 Å². The molecule has 1 aliphatic carbocycles. The van der Waals surface area contributed by atoms with Crippen molar-refractivity contribution < 1.29 is 14.1 Å². The fourth-order valence-corrected chi connectivity index (χ4v) is 2.57. The van der Waals surface area contributed by atoms with Crippen LogP contribution in [0.25, 0.3) is 0 Å². The third-order valence-corrected chi connectivity index (χ3v) is 4.78. The van der Waals surface area contributed by atoms with Gasteiger partial charge in [-0.1, -0.05) is 18.2 Å². The van der Waals surface area contributed by atoms with Crippen LogP contribution in [0.4, 0.5) is 0 Å². The number of carbonyl (C=O) groups excluding carboxylic acids is 1. The Bertz CT molecular complexity index is 531. The summed E-state index contributed by atoms with van der Waals surface area (Å²) in [4.78, 5) is 11.1. The predicted octanol–water partition coefficient (Wildman–Crippen LogP) is 2.68. The molecule has 2 aliphatic rings. The van der Waals surface area contributed by atoms with Gasteiger partial charge in [0.2, 0.25) is 0 Å². The van der Waals surface area contributed by atoms with Gasteiger partial charge >= 0.3 is 7.12 Å². The van der Waals surface area contributed by atoms with Crippen molar-refractivity contribution in [3.8, 4) is 0 Å². The minimum atomic E-state index is -0.349. The molecule has 106 valence electrons. The van der Waals surface area contributed by atoms with E-state index in [0.29, 0.717) is 5.92 Å². The van der Waals surface area contributed by atoms with Crippen molar-refractivity contribution in [3.63, 3.8) is 0 Å². The molecule has 0 N–H and O–H groups in total. The highest BCUT2D eigenvalue weighted by Crippen LogP contribution is 2.41. The molecule has 0 spiro atoms. The van der Waals surface area contributed by atoms with Crippen molar-refractivity contribution in [1.29, 1.82) is 0 Å². The Balaban J connectivity index is 1.92. The van der Waals surface area contributed by atoms with Gasteiger partial charge in [-0.05, 0) is 57.5 Å². The van der Waals surface area contributed by atoms with E-state index in [-0.39, 0.29) is 18.3 Å².